The highest BCUT2D eigenvalue weighted by atomic mass is 16.7. The van der Waals surface area contributed by atoms with Gasteiger partial charge in [0.15, 0.2) is 0 Å². The minimum Gasteiger partial charge on any atom is -0.399 e. The van der Waals surface area contributed by atoms with Crippen LogP contribution in [0.2, 0.25) is 0 Å². The van der Waals surface area contributed by atoms with Crippen LogP contribution in [0.5, 0.6) is 0 Å². The van der Waals surface area contributed by atoms with Crippen LogP contribution in [0.25, 0.3) is 0 Å². The Kier molecular flexibility index (Phi) is 3.31. The van der Waals surface area contributed by atoms with E-state index in [9.17, 15) is 0 Å². The Morgan fingerprint density at radius 2 is 1.53 bits per heavy atom. The van der Waals surface area contributed by atoms with Crippen molar-refractivity contribution in [2.75, 3.05) is 0 Å². The fourth-order valence-corrected chi connectivity index (χ4v) is 1.97. The summed E-state index contributed by atoms with van der Waals surface area (Å²) >= 11 is 0. The summed E-state index contributed by atoms with van der Waals surface area (Å²) < 4.78 is 12.0. The SMILES string of the molecule is CC1(C)OB(c2ccc([13C](C)([13CH3])[13CH3])nc2)OC1(C)C. The first-order chi connectivity index (χ1) is 8.53. The lowest BCUT2D eigenvalue weighted by atomic mass is 9.80. The largest absolute Gasteiger partial charge is 0.496 e. The molecule has 1 aromatic heterocycles. The average molecular weight is 264 g/mol. The highest BCUT2D eigenvalue weighted by Gasteiger charge is 2.51. The molecule has 1 fully saturated rings. The Bertz CT molecular complexity index is 444. The van der Waals surface area contributed by atoms with Crippen LogP contribution >= 0.6 is 0 Å². The van der Waals surface area contributed by atoms with Gasteiger partial charge < -0.3 is 9.31 Å². The molecule has 104 valence electrons. The molecule has 0 spiro atoms. The molecular weight excluding hydrogens is 240 g/mol. The van der Waals surface area contributed by atoms with Gasteiger partial charge in [0, 0.05) is 22.8 Å². The molecule has 0 aliphatic carbocycles. The van der Waals surface area contributed by atoms with Crippen LogP contribution in [0.4, 0.5) is 0 Å². The Hall–Kier alpha value is -0.865. The molecule has 2 rings (SSSR count). The minimum absolute atomic E-state index is 0.0640. The summed E-state index contributed by atoms with van der Waals surface area (Å²) in [5.74, 6) is 0. The van der Waals surface area contributed by atoms with Crippen LogP contribution in [0.15, 0.2) is 18.3 Å². The number of nitrogens with zero attached hydrogens (tertiary/aromatic N) is 1. The summed E-state index contributed by atoms with van der Waals surface area (Å²) in [6.07, 6.45) is 1.86. The molecule has 19 heavy (non-hydrogen) atoms. The second-order valence-electron chi connectivity index (χ2n) is 7.32. The Labute approximate surface area is 116 Å². The Balaban J connectivity index is 2.22. The Morgan fingerprint density at radius 3 is 1.89 bits per heavy atom. The zero-order valence-corrected chi connectivity index (χ0v) is 13.1. The van der Waals surface area contributed by atoms with Crippen molar-refractivity contribution in [1.29, 1.82) is 0 Å². The summed E-state index contributed by atoms with van der Waals surface area (Å²) in [7, 11) is -0.327. The molecule has 1 aliphatic heterocycles. The van der Waals surface area contributed by atoms with E-state index >= 15 is 0 Å². The van der Waals surface area contributed by atoms with Gasteiger partial charge in [0.1, 0.15) is 0 Å². The fraction of sp³-hybridized carbons (Fsp3) is 0.667. The van der Waals surface area contributed by atoms with Crippen LogP contribution in [-0.2, 0) is 14.7 Å². The van der Waals surface area contributed by atoms with E-state index in [1.54, 1.807) is 0 Å². The van der Waals surface area contributed by atoms with E-state index in [1.165, 1.54) is 0 Å². The van der Waals surface area contributed by atoms with Crippen molar-refractivity contribution in [3.63, 3.8) is 0 Å². The van der Waals surface area contributed by atoms with Crippen LogP contribution < -0.4 is 5.46 Å². The normalized spacial score (nSPS) is 21.7. The summed E-state index contributed by atoms with van der Waals surface area (Å²) in [6.45, 7) is 14.7. The van der Waals surface area contributed by atoms with E-state index in [1.807, 2.05) is 6.20 Å². The summed E-state index contributed by atoms with van der Waals surface area (Å²) in [5.41, 5.74) is 1.51. The van der Waals surface area contributed by atoms with Crippen LogP contribution in [-0.4, -0.2) is 23.3 Å². The molecule has 0 N–H and O–H groups in total. The number of hydrogen-bond donors (Lipinski definition) is 0. The van der Waals surface area contributed by atoms with Gasteiger partial charge in [-0.1, -0.05) is 26.8 Å². The molecule has 4 heteroatoms. The van der Waals surface area contributed by atoms with Crippen LogP contribution in [0.3, 0.4) is 0 Å². The molecule has 1 aliphatic rings. The maximum absolute atomic E-state index is 6.01. The highest BCUT2D eigenvalue weighted by molar-refractivity contribution is 6.62. The van der Waals surface area contributed by atoms with Gasteiger partial charge in [-0.3, -0.25) is 4.98 Å². The van der Waals surface area contributed by atoms with E-state index in [2.05, 4.69) is 65.6 Å². The third kappa shape index (κ3) is 2.70. The van der Waals surface area contributed by atoms with Gasteiger partial charge in [-0.2, -0.15) is 0 Å². The van der Waals surface area contributed by atoms with Crippen LogP contribution in [0.1, 0.15) is 54.2 Å². The maximum atomic E-state index is 6.01. The predicted octanol–water partition coefficient (Wildman–Crippen LogP) is 2.68. The first-order valence-electron chi connectivity index (χ1n) is 6.85. The monoisotopic (exact) mass is 264 g/mol. The van der Waals surface area contributed by atoms with Crippen molar-refractivity contribution in [3.8, 4) is 0 Å². The van der Waals surface area contributed by atoms with Crippen molar-refractivity contribution < 1.29 is 9.31 Å². The summed E-state index contributed by atoms with van der Waals surface area (Å²) in [4.78, 5) is 4.53. The molecule has 0 atom stereocenters. The third-order valence-corrected chi connectivity index (χ3v) is 4.08. The van der Waals surface area contributed by atoms with Crippen molar-refractivity contribution in [2.45, 2.75) is 65.1 Å². The highest BCUT2D eigenvalue weighted by Crippen LogP contribution is 2.36. The van der Waals surface area contributed by atoms with Gasteiger partial charge in [-0.05, 0) is 33.8 Å². The van der Waals surface area contributed by atoms with Crippen molar-refractivity contribution in [3.05, 3.63) is 24.0 Å². The van der Waals surface area contributed by atoms with E-state index in [4.69, 9.17) is 9.31 Å². The van der Waals surface area contributed by atoms with Gasteiger partial charge in [-0.15, -0.1) is 0 Å². The number of rotatable bonds is 1. The van der Waals surface area contributed by atoms with Gasteiger partial charge in [0.2, 0.25) is 0 Å². The number of pyridine rings is 1. The third-order valence-electron chi connectivity index (χ3n) is 4.08. The van der Waals surface area contributed by atoms with Crippen LogP contribution in [0, 0.1) is 0 Å². The van der Waals surface area contributed by atoms with Gasteiger partial charge in [-0.25, -0.2) is 0 Å². The van der Waals surface area contributed by atoms with Crippen molar-refractivity contribution in [1.82, 2.24) is 4.98 Å². The first-order valence-corrected chi connectivity index (χ1v) is 6.85. The van der Waals surface area contributed by atoms with Gasteiger partial charge >= 0.3 is 7.12 Å². The topological polar surface area (TPSA) is 31.4 Å². The molecule has 0 saturated carbocycles. The first kappa shape index (κ1) is 14.5. The molecule has 3 nitrogen and oxygen atoms in total. The quantitative estimate of drug-likeness (QED) is 0.577. The van der Waals surface area contributed by atoms with Gasteiger partial charge in [0.05, 0.1) is 11.2 Å². The van der Waals surface area contributed by atoms with Gasteiger partial charge in [0.25, 0.3) is 0 Å². The van der Waals surface area contributed by atoms with E-state index < -0.39 is 0 Å². The lowest BCUT2D eigenvalue weighted by Gasteiger charge is -2.32. The molecule has 0 aromatic carbocycles. The predicted molar refractivity (Wildman–Crippen MR) is 78.7 cm³/mol. The average Bonchev–Trinajstić information content (AvgIpc) is 2.47. The van der Waals surface area contributed by atoms with E-state index in [-0.39, 0.29) is 23.7 Å². The Morgan fingerprint density at radius 1 is 1.00 bits per heavy atom. The number of hydrogen-bond acceptors (Lipinski definition) is 3. The van der Waals surface area contributed by atoms with Crippen molar-refractivity contribution >= 4 is 12.6 Å². The molecule has 2 heterocycles. The molecule has 0 bridgehead atoms. The maximum Gasteiger partial charge on any atom is 0.496 e. The second kappa shape index (κ2) is 4.32. The standard InChI is InChI=1S/C15H24BNO2/c1-13(2,3)12-9-8-11(10-17-12)16-18-14(4,5)15(6,7)19-16/h8-10H,1-7H3/i1+1,2+1,13+1. The zero-order chi connectivity index (χ0) is 14.5. The number of aromatic nitrogens is 1. The lowest BCUT2D eigenvalue weighted by molar-refractivity contribution is 0.00578. The molecule has 1 aromatic rings. The molecule has 1 saturated heterocycles. The minimum atomic E-state index is -0.327. The van der Waals surface area contributed by atoms with E-state index in [0.29, 0.717) is 0 Å². The van der Waals surface area contributed by atoms with Crippen molar-refractivity contribution in [2.24, 2.45) is 0 Å². The van der Waals surface area contributed by atoms with E-state index in [0.717, 1.165) is 11.2 Å². The fourth-order valence-electron chi connectivity index (χ4n) is 1.97. The molecule has 0 unspecified atom stereocenters. The molecular formula is C15H24BNO2. The molecule has 0 radical (unpaired) electrons. The zero-order valence-electron chi connectivity index (χ0n) is 13.1. The second-order valence-corrected chi connectivity index (χ2v) is 7.32. The summed E-state index contributed by atoms with van der Waals surface area (Å²) in [6, 6.07) is 4.11. The lowest BCUT2D eigenvalue weighted by Crippen LogP contribution is -2.41. The summed E-state index contributed by atoms with van der Waals surface area (Å²) in [5, 5.41) is 0. The smallest absolute Gasteiger partial charge is 0.399 e. The molecule has 0 amide bonds.